The zero-order chi connectivity index (χ0) is 32.1. The molecule has 3 heterocycles. The third-order valence-electron chi connectivity index (χ3n) is 9.25. The average Bonchev–Trinajstić information content (AvgIpc) is 3.78. The monoisotopic (exact) mass is 701 g/mol. The fourth-order valence-corrected chi connectivity index (χ4v) is 6.61. The third-order valence-corrected chi connectivity index (χ3v) is 9.25. The summed E-state index contributed by atoms with van der Waals surface area (Å²) in [5.41, 5.74) is 7.02. The standard InChI is InChI=1S/C35H47N7O4.2ClH/c1-35(2,34(44)40-16-13-37-14-17-40)46-31-7-3-6-30(20-31)41-15-4-5-27(23-41)33(43)42(29-10-11-29)24-26-9-8-25(28-21-38-39-22-28)19-32(26)45-18-12-36;;/h3,6-9,19-22,27,29,37H,4-5,10-18,23-24,36H2,1-2H3,(H,38,39);2*1H/t27-;;/m1../s1. The summed E-state index contributed by atoms with van der Waals surface area (Å²) in [5.74, 6) is 1.60. The molecule has 2 aliphatic heterocycles. The SMILES string of the molecule is CC(C)(Oc1cccc(N2CCC[C@@H](C(=O)N(Cc3ccc(-c4cn[nH]c4)cc3OCC[NH3+])C3CC3)C2)c1)C(=O)N1CC[NH2+]CC1.[Cl-].[Cl-]. The lowest BCUT2D eigenvalue weighted by Crippen LogP contribution is -3.00. The molecule has 262 valence electrons. The molecule has 1 saturated carbocycles. The Morgan fingerprint density at radius 1 is 1.06 bits per heavy atom. The summed E-state index contributed by atoms with van der Waals surface area (Å²) >= 11 is 0. The van der Waals surface area contributed by atoms with Crippen LogP contribution in [0, 0.1) is 5.92 Å². The van der Waals surface area contributed by atoms with Crippen LogP contribution in [0.5, 0.6) is 11.5 Å². The fourth-order valence-electron chi connectivity index (χ4n) is 6.61. The number of aromatic nitrogens is 2. The van der Waals surface area contributed by atoms with Gasteiger partial charge >= 0.3 is 0 Å². The highest BCUT2D eigenvalue weighted by molar-refractivity contribution is 5.85. The van der Waals surface area contributed by atoms with E-state index in [2.05, 4.69) is 49.2 Å². The van der Waals surface area contributed by atoms with Crippen molar-refractivity contribution in [1.82, 2.24) is 20.0 Å². The molecule has 13 heteroatoms. The molecule has 6 N–H and O–H groups in total. The Morgan fingerprint density at radius 3 is 2.56 bits per heavy atom. The van der Waals surface area contributed by atoms with Crippen molar-refractivity contribution < 1.29 is 54.9 Å². The molecule has 1 aromatic heterocycles. The van der Waals surface area contributed by atoms with E-state index in [1.807, 2.05) is 49.2 Å². The van der Waals surface area contributed by atoms with Crippen molar-refractivity contribution in [3.63, 3.8) is 0 Å². The lowest BCUT2D eigenvalue weighted by atomic mass is 9.95. The first kappa shape index (κ1) is 37.3. The minimum Gasteiger partial charge on any atom is -1.00 e. The molecular weight excluding hydrogens is 653 g/mol. The quantitative estimate of drug-likeness (QED) is 0.175. The van der Waals surface area contributed by atoms with Gasteiger partial charge < -0.3 is 60.0 Å². The maximum absolute atomic E-state index is 14.2. The first-order valence-corrected chi connectivity index (χ1v) is 16.8. The number of hydrogen-bond acceptors (Lipinski definition) is 6. The summed E-state index contributed by atoms with van der Waals surface area (Å²) in [4.78, 5) is 33.7. The first-order chi connectivity index (χ1) is 22.3. The number of piperazine rings is 1. The number of aromatic amines is 1. The molecule has 2 amide bonds. The molecule has 2 saturated heterocycles. The number of carbonyl (C=O) groups excluding carboxylic acids is 2. The molecule has 0 bridgehead atoms. The van der Waals surface area contributed by atoms with Gasteiger partial charge in [0.2, 0.25) is 5.91 Å². The van der Waals surface area contributed by atoms with Crippen LogP contribution in [0.15, 0.2) is 54.9 Å². The third kappa shape index (κ3) is 8.93. The molecule has 3 aliphatic rings. The highest BCUT2D eigenvalue weighted by Crippen LogP contribution is 2.36. The van der Waals surface area contributed by atoms with Gasteiger partial charge in [-0.3, -0.25) is 14.7 Å². The van der Waals surface area contributed by atoms with E-state index in [1.54, 1.807) is 6.20 Å². The van der Waals surface area contributed by atoms with Crippen LogP contribution < -0.4 is 50.2 Å². The molecule has 11 nitrogen and oxygen atoms in total. The number of hydrogen-bond donors (Lipinski definition) is 3. The summed E-state index contributed by atoms with van der Waals surface area (Å²) < 4.78 is 12.5. The summed E-state index contributed by atoms with van der Waals surface area (Å²) in [6.07, 6.45) is 7.54. The van der Waals surface area contributed by atoms with Gasteiger partial charge in [-0.05, 0) is 63.3 Å². The van der Waals surface area contributed by atoms with Crippen LogP contribution in [0.1, 0.15) is 45.1 Å². The van der Waals surface area contributed by atoms with Crippen molar-refractivity contribution in [1.29, 1.82) is 0 Å². The largest absolute Gasteiger partial charge is 1.00 e. The number of ether oxygens (including phenoxy) is 2. The Bertz CT molecular complexity index is 1500. The summed E-state index contributed by atoms with van der Waals surface area (Å²) in [6, 6.07) is 14.4. The predicted octanol–water partition coefficient (Wildman–Crippen LogP) is -4.32. The second kappa shape index (κ2) is 16.7. The van der Waals surface area contributed by atoms with Gasteiger partial charge in [0.1, 0.15) is 24.7 Å². The predicted molar refractivity (Wildman–Crippen MR) is 175 cm³/mol. The van der Waals surface area contributed by atoms with Gasteiger partial charge in [0, 0.05) is 54.8 Å². The number of rotatable bonds is 12. The van der Waals surface area contributed by atoms with E-state index >= 15 is 0 Å². The summed E-state index contributed by atoms with van der Waals surface area (Å²) in [6.45, 7) is 10.3. The van der Waals surface area contributed by atoms with Crippen molar-refractivity contribution in [2.24, 2.45) is 5.92 Å². The Balaban J connectivity index is 0.00000260. The molecule has 0 radical (unpaired) electrons. The van der Waals surface area contributed by atoms with E-state index in [9.17, 15) is 9.59 Å². The minimum atomic E-state index is -0.964. The molecular formula is C35H49Cl2N7O4. The number of halogens is 2. The summed E-state index contributed by atoms with van der Waals surface area (Å²) in [5, 5.41) is 9.20. The van der Waals surface area contributed by atoms with Crippen molar-refractivity contribution in [3.05, 3.63) is 60.4 Å². The lowest BCUT2D eigenvalue weighted by molar-refractivity contribution is -0.662. The maximum atomic E-state index is 14.2. The topological polar surface area (TPSA) is 135 Å². The highest BCUT2D eigenvalue weighted by atomic mass is 35.5. The van der Waals surface area contributed by atoms with E-state index in [-0.39, 0.29) is 48.6 Å². The zero-order valence-electron chi connectivity index (χ0n) is 28.0. The number of H-pyrrole nitrogens is 1. The second-order valence-corrected chi connectivity index (χ2v) is 13.3. The van der Waals surface area contributed by atoms with Crippen molar-refractivity contribution in [2.45, 2.75) is 57.7 Å². The van der Waals surface area contributed by atoms with Crippen LogP contribution in [0.4, 0.5) is 5.69 Å². The Labute approximate surface area is 295 Å². The number of benzene rings is 2. The van der Waals surface area contributed by atoms with Gasteiger partial charge in [-0.2, -0.15) is 5.10 Å². The fraction of sp³-hybridized carbons (Fsp3) is 0.514. The van der Waals surface area contributed by atoms with Gasteiger partial charge in [-0.15, -0.1) is 0 Å². The first-order valence-electron chi connectivity index (χ1n) is 16.8. The van der Waals surface area contributed by atoms with Crippen LogP contribution in [-0.4, -0.2) is 95.9 Å². The number of nitrogens with two attached hydrogens (primary N) is 1. The van der Waals surface area contributed by atoms with Crippen LogP contribution in [0.25, 0.3) is 11.1 Å². The molecule has 2 aromatic carbocycles. The van der Waals surface area contributed by atoms with Gasteiger partial charge in [0.15, 0.2) is 5.60 Å². The number of amides is 2. The van der Waals surface area contributed by atoms with Crippen molar-refractivity contribution in [2.75, 3.05) is 57.3 Å². The zero-order valence-corrected chi connectivity index (χ0v) is 29.5. The molecule has 3 fully saturated rings. The van der Waals surface area contributed by atoms with E-state index in [0.29, 0.717) is 32.0 Å². The Morgan fingerprint density at radius 2 is 1.85 bits per heavy atom. The molecule has 3 aromatic rings. The van der Waals surface area contributed by atoms with Crippen LogP contribution in [0.2, 0.25) is 0 Å². The van der Waals surface area contributed by atoms with Crippen molar-refractivity contribution >= 4 is 17.5 Å². The Kier molecular flexibility index (Phi) is 13.0. The lowest BCUT2D eigenvalue weighted by Gasteiger charge is -2.37. The van der Waals surface area contributed by atoms with Gasteiger partial charge in [0.25, 0.3) is 5.91 Å². The molecule has 48 heavy (non-hydrogen) atoms. The number of anilines is 1. The van der Waals surface area contributed by atoms with Crippen LogP contribution in [0.3, 0.4) is 0 Å². The Hall–Kier alpha value is -3.51. The number of nitrogens with zero attached hydrogens (tertiary/aromatic N) is 4. The van der Waals surface area contributed by atoms with Gasteiger partial charge in [-0.25, -0.2) is 0 Å². The van der Waals surface area contributed by atoms with E-state index in [1.165, 1.54) is 0 Å². The normalized spacial score (nSPS) is 17.9. The van der Waals surface area contributed by atoms with E-state index in [4.69, 9.17) is 9.47 Å². The molecule has 1 atom stereocenters. The van der Waals surface area contributed by atoms with E-state index < -0.39 is 5.60 Å². The van der Waals surface area contributed by atoms with Crippen LogP contribution in [-0.2, 0) is 16.1 Å². The second-order valence-electron chi connectivity index (χ2n) is 13.3. The molecule has 0 spiro atoms. The maximum Gasteiger partial charge on any atom is 0.266 e. The van der Waals surface area contributed by atoms with Crippen LogP contribution >= 0.6 is 0 Å². The highest BCUT2D eigenvalue weighted by Gasteiger charge is 2.38. The molecule has 0 unspecified atom stereocenters. The number of carbonyl (C=O) groups is 2. The molecule has 1 aliphatic carbocycles. The number of nitrogens with one attached hydrogen (secondary N) is 1. The minimum absolute atomic E-state index is 0. The number of quaternary nitrogens is 2. The smallest absolute Gasteiger partial charge is 0.266 e. The molecule has 6 rings (SSSR count). The summed E-state index contributed by atoms with van der Waals surface area (Å²) in [7, 11) is 0. The van der Waals surface area contributed by atoms with E-state index in [0.717, 1.165) is 86.5 Å². The number of piperidine rings is 1. The van der Waals surface area contributed by atoms with Crippen molar-refractivity contribution in [3.8, 4) is 22.6 Å². The average molecular weight is 703 g/mol. The van der Waals surface area contributed by atoms with Gasteiger partial charge in [-0.1, -0.05) is 18.2 Å². The van der Waals surface area contributed by atoms with Gasteiger partial charge in [0.05, 0.1) is 38.3 Å².